The van der Waals surface area contributed by atoms with E-state index in [1.807, 2.05) is 38.1 Å². The highest BCUT2D eigenvalue weighted by molar-refractivity contribution is 5.90. The minimum Gasteiger partial charge on any atom is -0.399 e. The number of nitrogens with two attached hydrogens (primary N) is 1. The third-order valence-electron chi connectivity index (χ3n) is 7.45. The second-order valence-electron chi connectivity index (χ2n) is 10.2. The van der Waals surface area contributed by atoms with Gasteiger partial charge in [-0.15, -0.1) is 0 Å². The minimum absolute atomic E-state index is 0.0596. The predicted molar refractivity (Wildman–Crippen MR) is 115 cm³/mol. The summed E-state index contributed by atoms with van der Waals surface area (Å²) < 4.78 is 0. The summed E-state index contributed by atoms with van der Waals surface area (Å²) in [6, 6.07) is 7.24. The number of amides is 2. The van der Waals surface area contributed by atoms with Crippen molar-refractivity contribution in [3.05, 3.63) is 29.8 Å². The van der Waals surface area contributed by atoms with E-state index in [9.17, 15) is 9.59 Å². The molecule has 0 aliphatic heterocycles. The van der Waals surface area contributed by atoms with E-state index in [0.717, 1.165) is 54.7 Å². The van der Waals surface area contributed by atoms with E-state index >= 15 is 0 Å². The number of hydrogen-bond acceptors (Lipinski definition) is 3. The molecule has 5 heteroatoms. The van der Waals surface area contributed by atoms with E-state index in [1.54, 1.807) is 0 Å². The highest BCUT2D eigenvalue weighted by atomic mass is 16.2. The Morgan fingerprint density at radius 1 is 1.03 bits per heavy atom. The van der Waals surface area contributed by atoms with Crippen molar-refractivity contribution in [2.75, 3.05) is 12.3 Å². The van der Waals surface area contributed by atoms with Crippen molar-refractivity contribution in [2.24, 2.45) is 29.1 Å². The van der Waals surface area contributed by atoms with E-state index in [0.29, 0.717) is 6.54 Å². The van der Waals surface area contributed by atoms with Crippen LogP contribution in [-0.2, 0) is 16.0 Å². The van der Waals surface area contributed by atoms with Crippen molar-refractivity contribution in [3.8, 4) is 0 Å². The van der Waals surface area contributed by atoms with Gasteiger partial charge in [-0.1, -0.05) is 26.0 Å². The Morgan fingerprint density at radius 3 is 2.10 bits per heavy atom. The fraction of sp³-hybridized carbons (Fsp3) is 0.667. The lowest BCUT2D eigenvalue weighted by molar-refractivity contribution is -0.149. The monoisotopic (exact) mass is 397 g/mol. The van der Waals surface area contributed by atoms with E-state index in [-0.39, 0.29) is 23.1 Å². The number of hydrogen-bond donors (Lipinski definition) is 3. The first-order valence-electron chi connectivity index (χ1n) is 11.3. The first-order valence-corrected chi connectivity index (χ1v) is 11.3. The zero-order valence-electron chi connectivity index (χ0n) is 17.7. The molecule has 0 spiro atoms. The number of rotatable bonds is 7. The summed E-state index contributed by atoms with van der Waals surface area (Å²) in [5.74, 6) is 2.27. The molecule has 1 aromatic rings. The van der Waals surface area contributed by atoms with Gasteiger partial charge in [0.05, 0.1) is 0 Å². The summed E-state index contributed by atoms with van der Waals surface area (Å²) in [4.78, 5) is 26.2. The van der Waals surface area contributed by atoms with Gasteiger partial charge in [0, 0.05) is 17.6 Å². The molecule has 4 bridgehead atoms. The molecule has 0 saturated heterocycles. The van der Waals surface area contributed by atoms with Crippen LogP contribution in [0.3, 0.4) is 0 Å². The van der Waals surface area contributed by atoms with E-state index < -0.39 is 6.04 Å². The highest BCUT2D eigenvalue weighted by Gasteiger charge is 2.55. The summed E-state index contributed by atoms with van der Waals surface area (Å²) in [6.07, 6.45) is 7.75. The molecule has 4 aliphatic rings. The van der Waals surface area contributed by atoms with E-state index in [2.05, 4.69) is 10.6 Å². The van der Waals surface area contributed by atoms with Gasteiger partial charge in [-0.3, -0.25) is 9.59 Å². The third-order valence-corrected chi connectivity index (χ3v) is 7.45. The zero-order valence-corrected chi connectivity index (χ0v) is 17.7. The van der Waals surface area contributed by atoms with Gasteiger partial charge in [0.15, 0.2) is 0 Å². The fourth-order valence-electron chi connectivity index (χ4n) is 6.34. The van der Waals surface area contributed by atoms with Crippen LogP contribution >= 0.6 is 0 Å². The molecular formula is C24H35N3O2. The first kappa shape index (κ1) is 20.2. The van der Waals surface area contributed by atoms with Gasteiger partial charge in [0.25, 0.3) is 0 Å². The molecule has 5 nitrogen and oxygen atoms in total. The second kappa shape index (κ2) is 8.00. The predicted octanol–water partition coefficient (Wildman–Crippen LogP) is 3.28. The van der Waals surface area contributed by atoms with Crippen LogP contribution in [0.25, 0.3) is 0 Å². The van der Waals surface area contributed by atoms with Gasteiger partial charge in [-0.05, 0) is 86.3 Å². The van der Waals surface area contributed by atoms with Crippen LogP contribution in [-0.4, -0.2) is 24.4 Å². The third kappa shape index (κ3) is 4.29. The average Bonchev–Trinajstić information content (AvgIpc) is 2.66. The van der Waals surface area contributed by atoms with Crippen LogP contribution in [0.2, 0.25) is 0 Å². The molecule has 1 aromatic carbocycles. The Kier molecular flexibility index (Phi) is 5.58. The Balaban J connectivity index is 1.34. The fourth-order valence-corrected chi connectivity index (χ4v) is 6.34. The Hall–Kier alpha value is -2.04. The average molecular weight is 398 g/mol. The Bertz CT molecular complexity index is 721. The van der Waals surface area contributed by atoms with E-state index in [1.165, 1.54) is 19.3 Å². The SMILES string of the molecule is CC(C)C(NC(=O)C12CC3CC(CC(C3)C1)C2)C(=O)NCCc1ccc(N)cc1. The van der Waals surface area contributed by atoms with Crippen LogP contribution in [0, 0.1) is 29.1 Å². The number of nitrogen functional groups attached to an aromatic ring is 1. The van der Waals surface area contributed by atoms with Crippen molar-refractivity contribution in [1.29, 1.82) is 0 Å². The lowest BCUT2D eigenvalue weighted by Gasteiger charge is -2.55. The Morgan fingerprint density at radius 2 is 1.59 bits per heavy atom. The maximum Gasteiger partial charge on any atom is 0.242 e. The number of benzene rings is 1. The molecule has 158 valence electrons. The maximum absolute atomic E-state index is 13.3. The standard InChI is InChI=1S/C24H35N3O2/c1-15(2)21(22(28)26-8-7-16-3-5-20(25)6-4-16)27-23(29)24-12-17-9-18(13-24)11-19(10-17)14-24/h3-6,15,17-19,21H,7-14,25H2,1-2H3,(H,26,28)(H,27,29). The largest absolute Gasteiger partial charge is 0.399 e. The molecule has 4 fully saturated rings. The normalized spacial score (nSPS) is 30.9. The van der Waals surface area contributed by atoms with Crippen LogP contribution in [0.5, 0.6) is 0 Å². The summed E-state index contributed by atoms with van der Waals surface area (Å²) >= 11 is 0. The van der Waals surface area contributed by atoms with Crippen molar-refractivity contribution < 1.29 is 9.59 Å². The topological polar surface area (TPSA) is 84.2 Å². The molecule has 2 amide bonds. The second-order valence-corrected chi connectivity index (χ2v) is 10.2. The van der Waals surface area contributed by atoms with Gasteiger partial charge in [0.2, 0.25) is 11.8 Å². The maximum atomic E-state index is 13.3. The van der Waals surface area contributed by atoms with Gasteiger partial charge in [0.1, 0.15) is 6.04 Å². The van der Waals surface area contributed by atoms with Gasteiger partial charge >= 0.3 is 0 Å². The lowest BCUT2D eigenvalue weighted by Crippen LogP contribution is -2.58. The van der Waals surface area contributed by atoms with E-state index in [4.69, 9.17) is 5.73 Å². The molecule has 0 heterocycles. The number of carbonyl (C=O) groups is 2. The van der Waals surface area contributed by atoms with Crippen molar-refractivity contribution in [1.82, 2.24) is 10.6 Å². The first-order chi connectivity index (χ1) is 13.8. The molecule has 1 atom stereocenters. The smallest absolute Gasteiger partial charge is 0.242 e. The Labute approximate surface area is 174 Å². The van der Waals surface area contributed by atoms with Crippen molar-refractivity contribution in [3.63, 3.8) is 0 Å². The summed E-state index contributed by atoms with van der Waals surface area (Å²) in [5.41, 5.74) is 7.38. The van der Waals surface area contributed by atoms with Gasteiger partial charge in [-0.25, -0.2) is 0 Å². The van der Waals surface area contributed by atoms with Crippen LogP contribution < -0.4 is 16.4 Å². The zero-order chi connectivity index (χ0) is 20.6. The van der Waals surface area contributed by atoms with Crippen LogP contribution in [0.15, 0.2) is 24.3 Å². The molecule has 29 heavy (non-hydrogen) atoms. The van der Waals surface area contributed by atoms with Crippen molar-refractivity contribution >= 4 is 17.5 Å². The molecule has 5 rings (SSSR count). The molecule has 4 saturated carbocycles. The number of carbonyl (C=O) groups excluding carboxylic acids is 2. The number of anilines is 1. The molecule has 4 N–H and O–H groups in total. The van der Waals surface area contributed by atoms with Crippen molar-refractivity contribution in [2.45, 2.75) is 64.8 Å². The molecular weight excluding hydrogens is 362 g/mol. The van der Waals surface area contributed by atoms with Crippen LogP contribution in [0.4, 0.5) is 5.69 Å². The molecule has 0 radical (unpaired) electrons. The quantitative estimate of drug-likeness (QED) is 0.617. The number of nitrogens with one attached hydrogen (secondary N) is 2. The highest BCUT2D eigenvalue weighted by Crippen LogP contribution is 2.60. The summed E-state index contributed by atoms with van der Waals surface area (Å²) in [5, 5.41) is 6.18. The molecule has 1 unspecified atom stereocenters. The van der Waals surface area contributed by atoms with Gasteiger partial charge in [-0.2, -0.15) is 0 Å². The molecule has 0 aromatic heterocycles. The summed E-state index contributed by atoms with van der Waals surface area (Å²) in [6.45, 7) is 4.56. The van der Waals surface area contributed by atoms with Gasteiger partial charge < -0.3 is 16.4 Å². The minimum atomic E-state index is -0.470. The van der Waals surface area contributed by atoms with Crippen LogP contribution in [0.1, 0.15) is 57.9 Å². The molecule has 4 aliphatic carbocycles. The summed E-state index contributed by atoms with van der Waals surface area (Å²) in [7, 11) is 0. The lowest BCUT2D eigenvalue weighted by atomic mass is 9.49.